The summed E-state index contributed by atoms with van der Waals surface area (Å²) in [6.07, 6.45) is -0.295. The number of halogens is 1. The Hall–Kier alpha value is -3.29. The van der Waals surface area contributed by atoms with Crippen molar-refractivity contribution >= 4 is 23.3 Å². The van der Waals surface area contributed by atoms with Gasteiger partial charge in [0.1, 0.15) is 5.82 Å². The van der Waals surface area contributed by atoms with Gasteiger partial charge in [-0.25, -0.2) is 4.39 Å². The van der Waals surface area contributed by atoms with Crippen LogP contribution in [0.2, 0.25) is 0 Å². The lowest BCUT2D eigenvalue weighted by molar-refractivity contribution is -0.384. The number of amides is 1. The molecule has 0 heterocycles. The van der Waals surface area contributed by atoms with Gasteiger partial charge in [-0.2, -0.15) is 0 Å². The number of benzene rings is 2. The van der Waals surface area contributed by atoms with Crippen molar-refractivity contribution in [2.75, 3.05) is 11.9 Å². The third-order valence-electron chi connectivity index (χ3n) is 3.00. The number of rotatable bonds is 6. The molecule has 0 bridgehead atoms. The van der Waals surface area contributed by atoms with Crippen LogP contribution < -0.4 is 5.32 Å². The van der Waals surface area contributed by atoms with E-state index in [0.29, 0.717) is 0 Å². The second kappa shape index (κ2) is 7.82. The first-order chi connectivity index (χ1) is 11.5. The van der Waals surface area contributed by atoms with Gasteiger partial charge in [0.25, 0.3) is 11.6 Å². The Morgan fingerprint density at radius 2 is 1.92 bits per heavy atom. The summed E-state index contributed by atoms with van der Waals surface area (Å²) < 4.78 is 18.2. The molecule has 2 aromatic rings. The number of nitro benzene ring substituents is 1. The van der Waals surface area contributed by atoms with E-state index in [9.17, 15) is 24.1 Å². The molecule has 0 saturated heterocycles. The molecule has 0 spiro atoms. The second-order valence-corrected chi connectivity index (χ2v) is 4.78. The van der Waals surface area contributed by atoms with Crippen molar-refractivity contribution < 1.29 is 23.6 Å². The smallest absolute Gasteiger partial charge is 0.310 e. The number of esters is 1. The number of hydrogen-bond acceptors (Lipinski definition) is 5. The predicted molar refractivity (Wildman–Crippen MR) is 82.8 cm³/mol. The van der Waals surface area contributed by atoms with Crippen molar-refractivity contribution in [3.63, 3.8) is 0 Å². The number of nitrogens with one attached hydrogen (secondary N) is 1. The minimum atomic E-state index is -0.755. The number of carbonyl (C=O) groups is 2. The molecule has 2 aromatic carbocycles. The van der Waals surface area contributed by atoms with Crippen molar-refractivity contribution in [1.82, 2.24) is 0 Å². The second-order valence-electron chi connectivity index (χ2n) is 4.78. The largest absolute Gasteiger partial charge is 0.455 e. The average Bonchev–Trinajstić information content (AvgIpc) is 2.55. The summed E-state index contributed by atoms with van der Waals surface area (Å²) in [4.78, 5) is 33.3. The molecule has 2 rings (SSSR count). The monoisotopic (exact) mass is 332 g/mol. The fraction of sp³-hybridized carbons (Fsp3) is 0.125. The van der Waals surface area contributed by atoms with Crippen LogP contribution in [-0.2, 0) is 20.7 Å². The van der Waals surface area contributed by atoms with Crippen LogP contribution in [0.15, 0.2) is 48.5 Å². The van der Waals surface area contributed by atoms with Crippen LogP contribution in [0, 0.1) is 15.9 Å². The van der Waals surface area contributed by atoms with Gasteiger partial charge < -0.3 is 10.1 Å². The van der Waals surface area contributed by atoms with E-state index in [1.54, 1.807) is 6.07 Å². The van der Waals surface area contributed by atoms with Gasteiger partial charge in [-0.15, -0.1) is 0 Å². The lowest BCUT2D eigenvalue weighted by Gasteiger charge is -2.07. The lowest BCUT2D eigenvalue weighted by atomic mass is 10.1. The molecule has 8 heteroatoms. The molecule has 0 saturated carbocycles. The van der Waals surface area contributed by atoms with Gasteiger partial charge in [-0.1, -0.05) is 24.3 Å². The SMILES string of the molecule is O=C(COC(=O)Cc1ccccc1F)Nc1cccc([N+](=O)[O-])c1. The zero-order chi connectivity index (χ0) is 17.5. The van der Waals surface area contributed by atoms with E-state index in [0.717, 1.165) is 0 Å². The number of ether oxygens (including phenoxy) is 1. The fourth-order valence-electron chi connectivity index (χ4n) is 1.89. The summed E-state index contributed by atoms with van der Waals surface area (Å²) in [5.41, 5.74) is 0.199. The molecule has 0 aliphatic rings. The van der Waals surface area contributed by atoms with Crippen LogP contribution in [-0.4, -0.2) is 23.4 Å². The number of nitro groups is 1. The normalized spacial score (nSPS) is 10.0. The van der Waals surface area contributed by atoms with Crippen LogP contribution in [0.4, 0.5) is 15.8 Å². The van der Waals surface area contributed by atoms with Gasteiger partial charge in [-0.05, 0) is 17.7 Å². The molecular weight excluding hydrogens is 319 g/mol. The minimum absolute atomic E-state index is 0.168. The van der Waals surface area contributed by atoms with E-state index in [-0.39, 0.29) is 23.4 Å². The maximum absolute atomic E-state index is 13.4. The highest BCUT2D eigenvalue weighted by atomic mass is 19.1. The highest BCUT2D eigenvalue weighted by Gasteiger charge is 2.12. The molecule has 24 heavy (non-hydrogen) atoms. The molecule has 7 nitrogen and oxygen atoms in total. The van der Waals surface area contributed by atoms with Gasteiger partial charge in [0.15, 0.2) is 6.61 Å². The Balaban J connectivity index is 1.85. The first kappa shape index (κ1) is 17.1. The standard InChI is InChI=1S/C16H13FN2O5/c17-14-7-2-1-4-11(14)8-16(21)24-10-15(20)18-12-5-3-6-13(9-12)19(22)23/h1-7,9H,8,10H2,(H,18,20). The van der Waals surface area contributed by atoms with E-state index in [2.05, 4.69) is 5.32 Å². The van der Waals surface area contributed by atoms with Crippen molar-refractivity contribution in [2.45, 2.75) is 6.42 Å². The van der Waals surface area contributed by atoms with Crippen LogP contribution in [0.25, 0.3) is 0 Å². The molecule has 0 atom stereocenters. The minimum Gasteiger partial charge on any atom is -0.455 e. The predicted octanol–water partition coefficient (Wildman–Crippen LogP) is 2.46. The molecule has 0 fully saturated rings. The van der Waals surface area contributed by atoms with E-state index in [1.165, 1.54) is 42.5 Å². The number of anilines is 1. The summed E-state index contributed by atoms with van der Waals surface area (Å²) in [6.45, 7) is -0.573. The molecule has 1 N–H and O–H groups in total. The Labute approximate surface area is 136 Å². The summed E-state index contributed by atoms with van der Waals surface area (Å²) in [5.74, 6) is -1.94. The van der Waals surface area contributed by atoms with Crippen molar-refractivity contribution in [3.8, 4) is 0 Å². The Kier molecular flexibility index (Phi) is 5.56. The zero-order valence-corrected chi connectivity index (χ0v) is 12.4. The molecular formula is C16H13FN2O5. The number of non-ortho nitro benzene ring substituents is 1. The summed E-state index contributed by atoms with van der Waals surface area (Å²) in [6, 6.07) is 11.1. The van der Waals surface area contributed by atoms with E-state index < -0.39 is 29.2 Å². The molecule has 0 aliphatic heterocycles. The van der Waals surface area contributed by atoms with Gasteiger partial charge >= 0.3 is 5.97 Å². The van der Waals surface area contributed by atoms with Crippen molar-refractivity contribution in [2.24, 2.45) is 0 Å². The Morgan fingerprint density at radius 3 is 2.62 bits per heavy atom. The third kappa shape index (κ3) is 4.87. The quantitative estimate of drug-likeness (QED) is 0.498. The summed E-state index contributed by atoms with van der Waals surface area (Å²) >= 11 is 0. The average molecular weight is 332 g/mol. The molecule has 0 unspecified atom stereocenters. The molecule has 124 valence electrons. The molecule has 0 aliphatic carbocycles. The number of carbonyl (C=O) groups excluding carboxylic acids is 2. The van der Waals surface area contributed by atoms with Crippen LogP contribution in [0.1, 0.15) is 5.56 Å². The van der Waals surface area contributed by atoms with E-state index in [1.807, 2.05) is 0 Å². The Bertz CT molecular complexity index is 779. The number of nitrogens with zero attached hydrogens (tertiary/aromatic N) is 1. The topological polar surface area (TPSA) is 98.5 Å². The lowest BCUT2D eigenvalue weighted by Crippen LogP contribution is -2.21. The number of hydrogen-bond donors (Lipinski definition) is 1. The molecule has 0 radical (unpaired) electrons. The van der Waals surface area contributed by atoms with E-state index in [4.69, 9.17) is 4.74 Å². The summed E-state index contributed by atoms with van der Waals surface area (Å²) in [5, 5.41) is 13.0. The molecule has 0 aromatic heterocycles. The van der Waals surface area contributed by atoms with Gasteiger partial charge in [-0.3, -0.25) is 19.7 Å². The zero-order valence-electron chi connectivity index (χ0n) is 12.4. The molecule has 1 amide bonds. The van der Waals surface area contributed by atoms with Crippen molar-refractivity contribution in [1.29, 1.82) is 0 Å². The summed E-state index contributed by atoms with van der Waals surface area (Å²) in [7, 11) is 0. The van der Waals surface area contributed by atoms with Crippen molar-refractivity contribution in [3.05, 3.63) is 70.0 Å². The van der Waals surface area contributed by atoms with E-state index >= 15 is 0 Å². The van der Waals surface area contributed by atoms with Gasteiger partial charge in [0.2, 0.25) is 0 Å². The van der Waals surface area contributed by atoms with Crippen LogP contribution in [0.5, 0.6) is 0 Å². The fourth-order valence-corrected chi connectivity index (χ4v) is 1.89. The van der Waals surface area contributed by atoms with Gasteiger partial charge in [0, 0.05) is 17.8 Å². The highest BCUT2D eigenvalue weighted by molar-refractivity contribution is 5.93. The van der Waals surface area contributed by atoms with Gasteiger partial charge in [0.05, 0.1) is 11.3 Å². The maximum atomic E-state index is 13.4. The maximum Gasteiger partial charge on any atom is 0.310 e. The Morgan fingerprint density at radius 1 is 1.17 bits per heavy atom. The first-order valence-corrected chi connectivity index (χ1v) is 6.89. The van der Waals surface area contributed by atoms with Crippen LogP contribution >= 0.6 is 0 Å². The first-order valence-electron chi connectivity index (χ1n) is 6.89. The highest BCUT2D eigenvalue weighted by Crippen LogP contribution is 2.16. The third-order valence-corrected chi connectivity index (χ3v) is 3.00. The van der Waals surface area contributed by atoms with Crippen LogP contribution in [0.3, 0.4) is 0 Å².